The minimum Gasteiger partial charge on any atom is -0.506 e. The highest BCUT2D eigenvalue weighted by atomic mass is 16.3. The summed E-state index contributed by atoms with van der Waals surface area (Å²) in [4.78, 5) is 0. The van der Waals surface area contributed by atoms with Gasteiger partial charge in [0.2, 0.25) is 0 Å². The quantitative estimate of drug-likeness (QED) is 0.221. The number of aromatic hydroxyl groups is 3. The van der Waals surface area contributed by atoms with Gasteiger partial charge in [-0.1, -0.05) is 0 Å². The Labute approximate surface area is 102 Å². The average Bonchev–Trinajstić information content (AvgIpc) is 2.35. The van der Waals surface area contributed by atoms with Crippen LogP contribution >= 0.6 is 0 Å². The molecule has 0 aliphatic heterocycles. The third-order valence-corrected chi connectivity index (χ3v) is 2.14. The zero-order valence-corrected chi connectivity index (χ0v) is 9.15. The van der Waals surface area contributed by atoms with E-state index in [2.05, 4.69) is 15.3 Å². The van der Waals surface area contributed by atoms with E-state index < -0.39 is 17.2 Å². The molecule has 0 radical (unpaired) electrons. The van der Waals surface area contributed by atoms with E-state index in [9.17, 15) is 15.3 Å². The SMILES string of the molecule is N/N=C/c1c(O)c(/C=N/N)c(O)c(/C=N/N)c1O. The maximum atomic E-state index is 9.82. The first-order chi connectivity index (χ1) is 8.58. The van der Waals surface area contributed by atoms with Crippen LogP contribution in [0.2, 0.25) is 0 Å². The molecule has 0 saturated heterocycles. The van der Waals surface area contributed by atoms with Crippen molar-refractivity contribution >= 4 is 18.6 Å². The first kappa shape index (κ1) is 13.1. The van der Waals surface area contributed by atoms with Crippen LogP contribution in [-0.2, 0) is 0 Å². The van der Waals surface area contributed by atoms with E-state index in [0.717, 1.165) is 18.6 Å². The van der Waals surface area contributed by atoms with Crippen molar-refractivity contribution in [2.45, 2.75) is 0 Å². The number of rotatable bonds is 3. The van der Waals surface area contributed by atoms with Crippen LogP contribution in [0.5, 0.6) is 17.2 Å². The molecule has 0 spiro atoms. The fourth-order valence-electron chi connectivity index (χ4n) is 1.36. The molecule has 0 unspecified atom stereocenters. The fraction of sp³-hybridized carbons (Fsp3) is 0. The van der Waals surface area contributed by atoms with E-state index in [1.54, 1.807) is 0 Å². The molecule has 9 nitrogen and oxygen atoms in total. The van der Waals surface area contributed by atoms with Gasteiger partial charge in [-0.05, 0) is 0 Å². The summed E-state index contributed by atoms with van der Waals surface area (Å²) >= 11 is 0. The molecule has 1 aromatic carbocycles. The summed E-state index contributed by atoms with van der Waals surface area (Å²) in [5, 5.41) is 39.0. The van der Waals surface area contributed by atoms with E-state index >= 15 is 0 Å². The van der Waals surface area contributed by atoms with Crippen LogP contribution in [0.25, 0.3) is 0 Å². The molecule has 0 atom stereocenters. The second kappa shape index (κ2) is 5.39. The lowest BCUT2D eigenvalue weighted by Gasteiger charge is -2.11. The van der Waals surface area contributed by atoms with Crippen LogP contribution in [0.15, 0.2) is 15.3 Å². The topological polar surface area (TPSA) is 176 Å². The molecular formula is C9H12N6O3. The molecule has 96 valence electrons. The minimum atomic E-state index is -0.484. The molecule has 0 aliphatic carbocycles. The predicted molar refractivity (Wildman–Crippen MR) is 66.8 cm³/mol. The number of hydrogen-bond acceptors (Lipinski definition) is 9. The Balaban J connectivity index is 3.74. The van der Waals surface area contributed by atoms with Crippen molar-refractivity contribution in [3.05, 3.63) is 16.7 Å². The Morgan fingerprint density at radius 1 is 0.611 bits per heavy atom. The number of hydrogen-bond donors (Lipinski definition) is 6. The molecule has 9 N–H and O–H groups in total. The predicted octanol–water partition coefficient (Wildman–Crippen LogP) is -1.32. The van der Waals surface area contributed by atoms with E-state index in [1.165, 1.54) is 0 Å². The molecule has 0 heterocycles. The zero-order chi connectivity index (χ0) is 13.7. The van der Waals surface area contributed by atoms with Gasteiger partial charge in [0.15, 0.2) is 0 Å². The van der Waals surface area contributed by atoms with Crippen molar-refractivity contribution < 1.29 is 15.3 Å². The summed E-state index contributed by atoms with van der Waals surface area (Å²) in [6, 6.07) is 0. The number of nitrogens with two attached hydrogens (primary N) is 3. The lowest BCUT2D eigenvalue weighted by atomic mass is 10.0. The molecule has 18 heavy (non-hydrogen) atoms. The lowest BCUT2D eigenvalue weighted by Crippen LogP contribution is -2.00. The summed E-state index contributed by atoms with van der Waals surface area (Å²) in [5.74, 6) is 13.4. The van der Waals surface area contributed by atoms with Crippen molar-refractivity contribution in [3.63, 3.8) is 0 Å². The molecule has 0 fully saturated rings. The normalized spacial score (nSPS) is 12.0. The van der Waals surface area contributed by atoms with Gasteiger partial charge in [-0.3, -0.25) is 0 Å². The van der Waals surface area contributed by atoms with Crippen LogP contribution in [0.4, 0.5) is 0 Å². The summed E-state index contributed by atoms with van der Waals surface area (Å²) < 4.78 is 0. The molecule has 0 aliphatic rings. The molecule has 0 bridgehead atoms. The summed E-state index contributed by atoms with van der Waals surface area (Å²) in [5.41, 5.74) is -0.375. The van der Waals surface area contributed by atoms with E-state index in [-0.39, 0.29) is 16.7 Å². The van der Waals surface area contributed by atoms with Crippen LogP contribution in [0, 0.1) is 0 Å². The Hall–Kier alpha value is -2.97. The summed E-state index contributed by atoms with van der Waals surface area (Å²) in [6.07, 6.45) is 2.98. The summed E-state index contributed by atoms with van der Waals surface area (Å²) in [6.45, 7) is 0. The fourth-order valence-corrected chi connectivity index (χ4v) is 1.36. The van der Waals surface area contributed by atoms with Crippen LogP contribution in [0.1, 0.15) is 16.7 Å². The number of phenols is 3. The van der Waals surface area contributed by atoms with Crippen molar-refractivity contribution in [3.8, 4) is 17.2 Å². The van der Waals surface area contributed by atoms with Crippen molar-refractivity contribution in [2.75, 3.05) is 0 Å². The highest BCUT2D eigenvalue weighted by molar-refractivity contribution is 6.03. The maximum Gasteiger partial charge on any atom is 0.140 e. The molecule has 1 rings (SSSR count). The van der Waals surface area contributed by atoms with Crippen LogP contribution in [-0.4, -0.2) is 34.0 Å². The second-order valence-corrected chi connectivity index (χ2v) is 3.12. The molecule has 0 saturated carbocycles. The Bertz CT molecular complexity index is 440. The Morgan fingerprint density at radius 3 is 1.00 bits per heavy atom. The molecule has 0 amide bonds. The zero-order valence-electron chi connectivity index (χ0n) is 9.15. The van der Waals surface area contributed by atoms with Gasteiger partial charge < -0.3 is 32.8 Å². The van der Waals surface area contributed by atoms with E-state index in [4.69, 9.17) is 17.5 Å². The van der Waals surface area contributed by atoms with E-state index in [1.807, 2.05) is 0 Å². The number of nitrogens with zero attached hydrogens (tertiary/aromatic N) is 3. The van der Waals surface area contributed by atoms with Crippen molar-refractivity contribution in [1.29, 1.82) is 0 Å². The third-order valence-electron chi connectivity index (χ3n) is 2.14. The number of hydrazone groups is 3. The standard InChI is InChI=1S/C9H12N6O3/c10-13-1-4-7(16)5(2-14-11)9(18)6(3-15-12)8(4)17/h1-3,16-18H,10-12H2/b13-1+,14-2+,15-3+. The van der Waals surface area contributed by atoms with Gasteiger partial charge in [0.1, 0.15) is 17.2 Å². The van der Waals surface area contributed by atoms with Gasteiger partial charge in [-0.15, -0.1) is 0 Å². The van der Waals surface area contributed by atoms with Gasteiger partial charge in [0.05, 0.1) is 35.3 Å². The van der Waals surface area contributed by atoms with Gasteiger partial charge in [0, 0.05) is 0 Å². The minimum absolute atomic E-state index is 0.125. The maximum absolute atomic E-state index is 9.82. The summed E-state index contributed by atoms with van der Waals surface area (Å²) in [7, 11) is 0. The molecule has 0 aromatic heterocycles. The average molecular weight is 252 g/mol. The highest BCUT2D eigenvalue weighted by Gasteiger charge is 2.20. The Kier molecular flexibility index (Phi) is 3.92. The first-order valence-corrected chi connectivity index (χ1v) is 4.59. The highest BCUT2D eigenvalue weighted by Crippen LogP contribution is 2.39. The van der Waals surface area contributed by atoms with Crippen molar-refractivity contribution in [2.24, 2.45) is 32.8 Å². The van der Waals surface area contributed by atoms with Crippen LogP contribution < -0.4 is 17.5 Å². The van der Waals surface area contributed by atoms with Gasteiger partial charge in [-0.2, -0.15) is 15.3 Å². The van der Waals surface area contributed by atoms with Gasteiger partial charge in [0.25, 0.3) is 0 Å². The van der Waals surface area contributed by atoms with Gasteiger partial charge >= 0.3 is 0 Å². The van der Waals surface area contributed by atoms with E-state index in [0.29, 0.717) is 0 Å². The largest absolute Gasteiger partial charge is 0.506 e. The third kappa shape index (κ3) is 2.09. The Morgan fingerprint density at radius 2 is 0.833 bits per heavy atom. The first-order valence-electron chi connectivity index (χ1n) is 4.59. The molecule has 9 heteroatoms. The van der Waals surface area contributed by atoms with Crippen molar-refractivity contribution in [1.82, 2.24) is 0 Å². The lowest BCUT2D eigenvalue weighted by molar-refractivity contribution is 0.424. The monoisotopic (exact) mass is 252 g/mol. The van der Waals surface area contributed by atoms with Crippen LogP contribution in [0.3, 0.4) is 0 Å². The second-order valence-electron chi connectivity index (χ2n) is 3.12. The van der Waals surface area contributed by atoms with Gasteiger partial charge in [-0.25, -0.2) is 0 Å². The number of benzene rings is 1. The molecule has 1 aromatic rings. The number of phenolic OH excluding ortho intramolecular Hbond substituents is 3. The molecular weight excluding hydrogens is 240 g/mol. The smallest absolute Gasteiger partial charge is 0.140 e.